The Morgan fingerprint density at radius 3 is 1.80 bits per heavy atom. The van der Waals surface area contributed by atoms with Crippen LogP contribution in [0.2, 0.25) is 0 Å². The molecule has 2 aliphatic carbocycles. The average Bonchev–Trinajstić information content (AvgIpc) is 2.88. The molecule has 0 saturated carbocycles. The molecule has 1 N–H and O–H groups in total. The van der Waals surface area contributed by atoms with Crippen LogP contribution in [0.25, 0.3) is 0 Å². The van der Waals surface area contributed by atoms with Crippen molar-refractivity contribution in [1.82, 2.24) is 0 Å². The van der Waals surface area contributed by atoms with Crippen LogP contribution >= 0.6 is 0 Å². The van der Waals surface area contributed by atoms with Crippen LogP contribution in [0.4, 0.5) is 0 Å². The quantitative estimate of drug-likeness (QED) is 0.211. The third kappa shape index (κ3) is 11.5. The smallest absolute Gasteiger partial charge is 0.0753 e. The van der Waals surface area contributed by atoms with Gasteiger partial charge in [-0.3, -0.25) is 0 Å². The highest BCUT2D eigenvalue weighted by molar-refractivity contribution is 5.39. The Kier molecular flexibility index (Phi) is 13.3. The number of allylic oxidation sites excluding steroid dienone is 21. The molecule has 1 nitrogen and oxygen atoms in total. The number of hydrogen-bond donors (Lipinski definition) is 1. The molecule has 0 aliphatic heterocycles. The summed E-state index contributed by atoms with van der Waals surface area (Å²) in [7, 11) is 0. The molecule has 222 valence electrons. The molecule has 0 spiro atoms. The zero-order valence-electron chi connectivity index (χ0n) is 27.6. The Labute approximate surface area is 252 Å². The predicted octanol–water partition coefficient (Wildman–Crippen LogP) is 11.4. The Bertz CT molecular complexity index is 1240. The van der Waals surface area contributed by atoms with E-state index in [2.05, 4.69) is 160 Å². The molecular formula is C40H56O. The molecule has 2 atom stereocenters. The van der Waals surface area contributed by atoms with Crippen molar-refractivity contribution in [3.05, 3.63) is 130 Å². The molecule has 0 radical (unpaired) electrons. The van der Waals surface area contributed by atoms with E-state index in [9.17, 15) is 5.11 Å². The summed E-state index contributed by atoms with van der Waals surface area (Å²) in [6.45, 7) is 22.2. The van der Waals surface area contributed by atoms with E-state index in [1.807, 2.05) is 0 Å². The van der Waals surface area contributed by atoms with Gasteiger partial charge in [0.25, 0.3) is 0 Å². The van der Waals surface area contributed by atoms with Crippen LogP contribution in [-0.4, -0.2) is 11.2 Å². The van der Waals surface area contributed by atoms with E-state index >= 15 is 0 Å². The van der Waals surface area contributed by atoms with Crippen LogP contribution < -0.4 is 0 Å². The highest BCUT2D eigenvalue weighted by Gasteiger charge is 2.31. The molecule has 2 aliphatic rings. The molecule has 0 aromatic carbocycles. The van der Waals surface area contributed by atoms with Crippen molar-refractivity contribution in [2.45, 2.75) is 101 Å². The first-order valence-corrected chi connectivity index (χ1v) is 15.4. The average molecular weight is 553 g/mol. The zero-order chi connectivity index (χ0) is 30.6. The molecule has 0 aromatic rings. The summed E-state index contributed by atoms with van der Waals surface area (Å²) in [5, 5.41) is 10.3. The van der Waals surface area contributed by atoms with Crippen molar-refractivity contribution in [3.63, 3.8) is 0 Å². The van der Waals surface area contributed by atoms with E-state index in [0.717, 1.165) is 18.4 Å². The van der Waals surface area contributed by atoms with Crippen LogP contribution in [0.5, 0.6) is 0 Å². The van der Waals surface area contributed by atoms with Crippen molar-refractivity contribution >= 4 is 0 Å². The van der Waals surface area contributed by atoms with Gasteiger partial charge in [0.2, 0.25) is 0 Å². The monoisotopic (exact) mass is 552 g/mol. The molecule has 0 bridgehead atoms. The fraction of sp³-hybridized carbons (Fsp3) is 0.450. The molecule has 0 fully saturated rings. The minimum absolute atomic E-state index is 0.111. The summed E-state index contributed by atoms with van der Waals surface area (Å²) >= 11 is 0. The van der Waals surface area contributed by atoms with E-state index in [0.29, 0.717) is 11.3 Å². The van der Waals surface area contributed by atoms with Gasteiger partial charge in [0.1, 0.15) is 0 Å². The fourth-order valence-corrected chi connectivity index (χ4v) is 5.70. The second-order valence-corrected chi connectivity index (χ2v) is 13.4. The van der Waals surface area contributed by atoms with Gasteiger partial charge in [-0.2, -0.15) is 0 Å². The zero-order valence-corrected chi connectivity index (χ0v) is 27.6. The van der Waals surface area contributed by atoms with Gasteiger partial charge in [-0.15, -0.1) is 0 Å². The summed E-state index contributed by atoms with van der Waals surface area (Å²) in [5.41, 5.74) is 9.19. The van der Waals surface area contributed by atoms with Crippen LogP contribution in [0.1, 0.15) is 94.9 Å². The van der Waals surface area contributed by atoms with Crippen LogP contribution in [-0.2, 0) is 0 Å². The first-order valence-electron chi connectivity index (χ1n) is 15.4. The lowest BCUT2D eigenvalue weighted by atomic mass is 9.68. The van der Waals surface area contributed by atoms with Gasteiger partial charge in [-0.05, 0) is 89.2 Å². The number of aliphatic hydroxyl groups is 1. The van der Waals surface area contributed by atoms with Gasteiger partial charge in [0, 0.05) is 5.92 Å². The molecule has 0 unspecified atom stereocenters. The maximum Gasteiger partial charge on any atom is 0.0753 e. The lowest BCUT2D eigenvalue weighted by molar-refractivity contribution is 0.163. The number of hydrogen-bond acceptors (Lipinski definition) is 1. The van der Waals surface area contributed by atoms with E-state index < -0.39 is 0 Å². The molecule has 0 aromatic heterocycles. The molecule has 41 heavy (non-hydrogen) atoms. The normalized spacial score (nSPS) is 25.1. The third-order valence-corrected chi connectivity index (χ3v) is 8.61. The van der Waals surface area contributed by atoms with E-state index in [4.69, 9.17) is 0 Å². The van der Waals surface area contributed by atoms with Gasteiger partial charge in [-0.1, -0.05) is 147 Å². The lowest BCUT2D eigenvalue weighted by Gasteiger charge is -2.36. The van der Waals surface area contributed by atoms with E-state index in [-0.39, 0.29) is 11.5 Å². The second-order valence-electron chi connectivity index (χ2n) is 13.4. The number of rotatable bonds is 10. The first-order chi connectivity index (χ1) is 19.2. The maximum atomic E-state index is 10.3. The van der Waals surface area contributed by atoms with E-state index in [1.165, 1.54) is 46.3 Å². The number of aliphatic hydroxyl groups excluding tert-OH is 1. The minimum Gasteiger partial charge on any atom is -0.389 e. The van der Waals surface area contributed by atoms with Crippen LogP contribution in [0, 0.1) is 16.7 Å². The van der Waals surface area contributed by atoms with Gasteiger partial charge < -0.3 is 5.11 Å². The predicted molar refractivity (Wildman–Crippen MR) is 183 cm³/mol. The molecule has 0 saturated heterocycles. The molecular weight excluding hydrogens is 496 g/mol. The largest absolute Gasteiger partial charge is 0.389 e. The topological polar surface area (TPSA) is 20.2 Å². The van der Waals surface area contributed by atoms with Crippen molar-refractivity contribution in [1.29, 1.82) is 0 Å². The SMILES string of the molecule is CC1=CCCC(C)(C)[C@H]1/C=C/C(C)=C/C=C/C(C)=C/C=C/C=C(C)/C=C/C=C(C)/C=C/C1=C(C)[C@H](O)CCC1(C)C. The van der Waals surface area contributed by atoms with Crippen LogP contribution in [0.15, 0.2) is 130 Å². The molecule has 0 amide bonds. The highest BCUT2D eigenvalue weighted by Crippen LogP contribution is 2.42. The van der Waals surface area contributed by atoms with E-state index in [1.54, 1.807) is 0 Å². The summed E-state index contributed by atoms with van der Waals surface area (Å²) in [6, 6.07) is 0. The lowest BCUT2D eigenvalue weighted by Crippen LogP contribution is -2.27. The van der Waals surface area contributed by atoms with Gasteiger partial charge in [0.15, 0.2) is 0 Å². The van der Waals surface area contributed by atoms with Crippen LogP contribution in [0.3, 0.4) is 0 Å². The Morgan fingerprint density at radius 1 is 0.732 bits per heavy atom. The van der Waals surface area contributed by atoms with Gasteiger partial charge in [-0.25, -0.2) is 0 Å². The summed E-state index contributed by atoms with van der Waals surface area (Å²) in [6.07, 6.45) is 36.7. The molecule has 0 heterocycles. The third-order valence-electron chi connectivity index (χ3n) is 8.61. The molecule has 1 heteroatoms. The minimum atomic E-state index is -0.308. The van der Waals surface area contributed by atoms with Gasteiger partial charge in [0.05, 0.1) is 6.10 Å². The van der Waals surface area contributed by atoms with Crippen molar-refractivity contribution in [2.24, 2.45) is 16.7 Å². The first kappa shape index (κ1) is 34.3. The summed E-state index contributed by atoms with van der Waals surface area (Å²) < 4.78 is 0. The Balaban J connectivity index is 1.89. The summed E-state index contributed by atoms with van der Waals surface area (Å²) in [4.78, 5) is 0. The maximum absolute atomic E-state index is 10.3. The van der Waals surface area contributed by atoms with Crippen molar-refractivity contribution < 1.29 is 5.11 Å². The van der Waals surface area contributed by atoms with Crippen molar-refractivity contribution in [2.75, 3.05) is 0 Å². The van der Waals surface area contributed by atoms with Gasteiger partial charge >= 0.3 is 0 Å². The second kappa shape index (κ2) is 15.9. The standard InChI is InChI=1S/C40H56O/c1-30(18-13-20-32(3)23-25-36-34(5)22-15-28-39(36,7)8)16-11-12-17-31(2)19-14-21-33(4)24-26-37-35(6)38(41)27-29-40(37,9)10/h11-14,16-26,36,38,41H,15,27-29H2,1-10H3/b12-11+,18-13+,19-14+,25-23+,26-24+,30-16+,31-17+,32-20+,33-21+/t36-,38+/m0/s1. The fourth-order valence-electron chi connectivity index (χ4n) is 5.70. The highest BCUT2D eigenvalue weighted by atomic mass is 16.3. The Morgan fingerprint density at radius 2 is 1.24 bits per heavy atom. The van der Waals surface area contributed by atoms with Crippen molar-refractivity contribution in [3.8, 4) is 0 Å². The Hall–Kier alpha value is -2.90. The summed E-state index contributed by atoms with van der Waals surface area (Å²) in [5.74, 6) is 0.524. The molecule has 2 rings (SSSR count).